The van der Waals surface area contributed by atoms with Crippen molar-refractivity contribution in [3.05, 3.63) is 0 Å². The second-order valence-corrected chi connectivity index (χ2v) is 2.64. The zero-order chi connectivity index (χ0) is 7.33. The van der Waals surface area contributed by atoms with E-state index >= 15 is 0 Å². The molecule has 0 heterocycles. The number of hydrogen-bond acceptors (Lipinski definition) is 2. The summed E-state index contributed by atoms with van der Waals surface area (Å²) in [6.45, 7) is -1.36. The first-order chi connectivity index (χ1) is 4.24. The zero-order valence-electron chi connectivity index (χ0n) is 4.98. The molecule has 0 atom stereocenters. The van der Waals surface area contributed by atoms with Gasteiger partial charge in [-0.2, -0.15) is 0 Å². The van der Waals surface area contributed by atoms with Crippen molar-refractivity contribution in [1.82, 2.24) is 0 Å². The Kier molecular flexibility index (Phi) is 4.35. The van der Waals surface area contributed by atoms with E-state index in [0.717, 1.165) is 0 Å². The van der Waals surface area contributed by atoms with Crippen LogP contribution >= 0.6 is 15.9 Å². The fourth-order valence-electron chi connectivity index (χ4n) is 0.255. The van der Waals surface area contributed by atoms with E-state index in [-0.39, 0.29) is 18.5 Å². The van der Waals surface area contributed by atoms with Crippen LogP contribution in [0.1, 0.15) is 0 Å². The predicted octanol–water partition coefficient (Wildman–Crippen LogP) is 0.322. The van der Waals surface area contributed by atoms with Gasteiger partial charge in [0.05, 0.1) is 18.6 Å². The molecule has 0 aliphatic carbocycles. The number of alkyl halides is 2. The van der Waals surface area contributed by atoms with Gasteiger partial charge < -0.3 is 10.2 Å². The van der Waals surface area contributed by atoms with E-state index in [4.69, 9.17) is 10.2 Å². The summed E-state index contributed by atoms with van der Waals surface area (Å²) in [5.41, 5.74) is -0.972. The third kappa shape index (κ3) is 2.20. The first-order valence-corrected chi connectivity index (χ1v) is 3.70. The lowest BCUT2D eigenvalue weighted by molar-refractivity contribution is 0.0533. The Morgan fingerprint density at radius 1 is 1.33 bits per heavy atom. The van der Waals surface area contributed by atoms with Crippen molar-refractivity contribution in [2.45, 2.75) is 0 Å². The molecule has 0 unspecified atom stereocenters. The minimum Gasteiger partial charge on any atom is -0.396 e. The predicted molar refractivity (Wildman–Crippen MR) is 36.4 cm³/mol. The molecule has 2 nitrogen and oxygen atoms in total. The van der Waals surface area contributed by atoms with Crippen LogP contribution in [-0.4, -0.2) is 35.4 Å². The van der Waals surface area contributed by atoms with E-state index in [0.29, 0.717) is 0 Å². The van der Waals surface area contributed by atoms with E-state index in [1.165, 1.54) is 0 Å². The number of aliphatic hydroxyl groups is 2. The van der Waals surface area contributed by atoms with Gasteiger partial charge in [0.25, 0.3) is 0 Å². The Morgan fingerprint density at radius 3 is 1.78 bits per heavy atom. The van der Waals surface area contributed by atoms with Gasteiger partial charge in [-0.1, -0.05) is 15.9 Å². The third-order valence-electron chi connectivity index (χ3n) is 1.24. The highest BCUT2D eigenvalue weighted by Gasteiger charge is 2.27. The molecule has 0 aliphatic heterocycles. The Labute approximate surface area is 61.8 Å². The molecule has 0 saturated carbocycles. The van der Waals surface area contributed by atoms with Crippen molar-refractivity contribution in [2.75, 3.05) is 25.2 Å². The van der Waals surface area contributed by atoms with Gasteiger partial charge in [-0.15, -0.1) is 0 Å². The molecule has 0 aromatic heterocycles. The van der Waals surface area contributed by atoms with E-state index in [9.17, 15) is 4.39 Å². The van der Waals surface area contributed by atoms with Gasteiger partial charge in [0.1, 0.15) is 6.67 Å². The average Bonchev–Trinajstić information content (AvgIpc) is 1.95. The van der Waals surface area contributed by atoms with Crippen LogP contribution in [0.2, 0.25) is 0 Å². The largest absolute Gasteiger partial charge is 0.396 e. The maximum Gasteiger partial charge on any atom is 0.100 e. The summed E-state index contributed by atoms with van der Waals surface area (Å²) in [6, 6.07) is 0. The molecule has 0 radical (unpaired) electrons. The minimum atomic E-state index is -0.972. The standard InChI is InChI=1S/C5H10BrFO2/c6-1-5(2-7,3-8)4-9/h8-9H,1-4H2. The van der Waals surface area contributed by atoms with Crippen molar-refractivity contribution in [3.63, 3.8) is 0 Å². The molecule has 0 amide bonds. The van der Waals surface area contributed by atoms with Gasteiger partial charge >= 0.3 is 0 Å². The van der Waals surface area contributed by atoms with Crippen LogP contribution in [0.15, 0.2) is 0 Å². The molecule has 0 fully saturated rings. The van der Waals surface area contributed by atoms with Crippen LogP contribution in [0.3, 0.4) is 0 Å². The average molecular weight is 201 g/mol. The molecule has 4 heteroatoms. The second-order valence-electron chi connectivity index (χ2n) is 2.08. The summed E-state index contributed by atoms with van der Waals surface area (Å²) in [5, 5.41) is 17.4. The maximum absolute atomic E-state index is 12.0. The lowest BCUT2D eigenvalue weighted by Crippen LogP contribution is -2.33. The molecule has 0 spiro atoms. The van der Waals surface area contributed by atoms with Gasteiger partial charge in [0.2, 0.25) is 0 Å². The van der Waals surface area contributed by atoms with Crippen LogP contribution in [-0.2, 0) is 0 Å². The number of rotatable bonds is 4. The van der Waals surface area contributed by atoms with Crippen LogP contribution < -0.4 is 0 Å². The molecule has 2 N–H and O–H groups in total. The number of aliphatic hydroxyl groups excluding tert-OH is 2. The van der Waals surface area contributed by atoms with E-state index in [2.05, 4.69) is 15.9 Å². The molecule has 0 saturated heterocycles. The monoisotopic (exact) mass is 200 g/mol. The summed E-state index contributed by atoms with van der Waals surface area (Å²) >= 11 is 2.99. The van der Waals surface area contributed by atoms with Crippen LogP contribution in [0.25, 0.3) is 0 Å². The fraction of sp³-hybridized carbons (Fsp3) is 1.00. The molecule has 0 rings (SSSR count). The maximum atomic E-state index is 12.0. The van der Waals surface area contributed by atoms with Gasteiger partial charge in [-0.25, -0.2) is 0 Å². The Balaban J connectivity index is 3.82. The van der Waals surface area contributed by atoms with E-state index in [1.54, 1.807) is 0 Å². The summed E-state index contributed by atoms with van der Waals surface area (Å²) < 4.78 is 12.0. The molecule has 0 aliphatic rings. The Bertz CT molecular complexity index is 57.8. The van der Waals surface area contributed by atoms with Gasteiger partial charge in [-0.05, 0) is 0 Å². The zero-order valence-corrected chi connectivity index (χ0v) is 6.56. The lowest BCUT2D eigenvalue weighted by Gasteiger charge is -2.22. The summed E-state index contributed by atoms with van der Waals surface area (Å²) in [7, 11) is 0. The Morgan fingerprint density at radius 2 is 1.78 bits per heavy atom. The van der Waals surface area contributed by atoms with Gasteiger partial charge in [0.15, 0.2) is 0 Å². The quantitative estimate of drug-likeness (QED) is 0.643. The molecular formula is C5H10BrFO2. The van der Waals surface area contributed by atoms with Gasteiger partial charge in [0, 0.05) is 5.33 Å². The van der Waals surface area contributed by atoms with Crippen LogP contribution in [0.4, 0.5) is 4.39 Å². The lowest BCUT2D eigenvalue weighted by atomic mass is 9.95. The van der Waals surface area contributed by atoms with Crippen molar-refractivity contribution in [2.24, 2.45) is 5.41 Å². The molecule has 9 heavy (non-hydrogen) atoms. The molecule has 0 bridgehead atoms. The SMILES string of the molecule is OCC(CO)(CF)CBr. The second kappa shape index (κ2) is 4.19. The van der Waals surface area contributed by atoms with Gasteiger partial charge in [-0.3, -0.25) is 4.39 Å². The highest BCUT2D eigenvalue weighted by Crippen LogP contribution is 2.18. The summed E-state index contributed by atoms with van der Waals surface area (Å²) in [6.07, 6.45) is 0. The van der Waals surface area contributed by atoms with Crippen molar-refractivity contribution in [3.8, 4) is 0 Å². The third-order valence-corrected chi connectivity index (χ3v) is 2.43. The summed E-state index contributed by atoms with van der Waals surface area (Å²) in [4.78, 5) is 0. The number of hydrogen-bond donors (Lipinski definition) is 2. The van der Waals surface area contributed by atoms with Crippen molar-refractivity contribution in [1.29, 1.82) is 0 Å². The minimum absolute atomic E-state index is 0.281. The van der Waals surface area contributed by atoms with Crippen LogP contribution in [0.5, 0.6) is 0 Å². The van der Waals surface area contributed by atoms with Crippen molar-refractivity contribution < 1.29 is 14.6 Å². The van der Waals surface area contributed by atoms with E-state index in [1.807, 2.05) is 0 Å². The molecular weight excluding hydrogens is 191 g/mol. The fourth-order valence-corrected chi connectivity index (χ4v) is 0.759. The molecule has 56 valence electrons. The number of halogens is 2. The smallest absolute Gasteiger partial charge is 0.100 e. The Hall–Kier alpha value is 0.330. The normalized spacial score (nSPS) is 12.0. The first kappa shape index (κ1) is 9.33. The highest BCUT2D eigenvalue weighted by molar-refractivity contribution is 9.09. The van der Waals surface area contributed by atoms with Crippen molar-refractivity contribution >= 4 is 15.9 Å². The molecule has 0 aromatic carbocycles. The molecule has 0 aromatic rings. The van der Waals surface area contributed by atoms with E-state index < -0.39 is 12.1 Å². The topological polar surface area (TPSA) is 40.5 Å². The first-order valence-electron chi connectivity index (χ1n) is 2.58. The highest BCUT2D eigenvalue weighted by atomic mass is 79.9. The summed E-state index contributed by atoms with van der Waals surface area (Å²) in [5.74, 6) is 0. The van der Waals surface area contributed by atoms with Crippen LogP contribution in [0, 0.1) is 5.41 Å².